The highest BCUT2D eigenvalue weighted by Crippen LogP contribution is 2.21. The van der Waals surface area contributed by atoms with Gasteiger partial charge in [0.2, 0.25) is 0 Å². The van der Waals surface area contributed by atoms with Gasteiger partial charge in [-0.3, -0.25) is 4.90 Å². The zero-order valence-electron chi connectivity index (χ0n) is 14.3. The second-order valence-corrected chi connectivity index (χ2v) is 6.45. The largest absolute Gasteiger partial charge is 0.490 e. The lowest BCUT2D eigenvalue weighted by Crippen LogP contribution is -3.16. The first-order valence-electron chi connectivity index (χ1n) is 8.32. The van der Waals surface area contributed by atoms with Gasteiger partial charge in [0.15, 0.2) is 0 Å². The van der Waals surface area contributed by atoms with Gasteiger partial charge in [-0.05, 0) is 37.6 Å². The molecular formula is C17H26ClN2O4+. The molecule has 1 fully saturated rings. The molecule has 2 N–H and O–H groups in total. The second kappa shape index (κ2) is 9.11. The van der Waals surface area contributed by atoms with Crippen molar-refractivity contribution >= 4 is 17.7 Å². The number of nitrogens with zero attached hydrogens (tertiary/aromatic N) is 1. The summed E-state index contributed by atoms with van der Waals surface area (Å²) in [7, 11) is 0. The van der Waals surface area contributed by atoms with E-state index in [1.54, 1.807) is 17.9 Å². The van der Waals surface area contributed by atoms with E-state index in [9.17, 15) is 9.90 Å². The summed E-state index contributed by atoms with van der Waals surface area (Å²) in [6.45, 7) is 7.87. The van der Waals surface area contributed by atoms with Crippen LogP contribution in [0.1, 0.15) is 12.5 Å². The number of hydrogen-bond acceptors (Lipinski definition) is 4. The first-order valence-corrected chi connectivity index (χ1v) is 8.69. The number of ether oxygens (including phenoxy) is 2. The van der Waals surface area contributed by atoms with Gasteiger partial charge in [-0.15, -0.1) is 0 Å². The Morgan fingerprint density at radius 3 is 2.75 bits per heavy atom. The van der Waals surface area contributed by atoms with Crippen LogP contribution in [-0.4, -0.2) is 68.1 Å². The van der Waals surface area contributed by atoms with E-state index in [4.69, 9.17) is 21.1 Å². The lowest BCUT2D eigenvalue weighted by molar-refractivity contribution is -0.907. The number of benzene rings is 1. The Kier molecular flexibility index (Phi) is 7.15. The first-order chi connectivity index (χ1) is 11.5. The Morgan fingerprint density at radius 2 is 2.12 bits per heavy atom. The number of aryl methyl sites for hydroxylation is 1. The van der Waals surface area contributed by atoms with Crippen LogP contribution in [0.15, 0.2) is 18.2 Å². The third-order valence-electron chi connectivity index (χ3n) is 4.09. The number of hydrogen-bond donors (Lipinski definition) is 2. The minimum absolute atomic E-state index is 0.244. The van der Waals surface area contributed by atoms with Crippen LogP contribution in [0.5, 0.6) is 5.75 Å². The minimum Gasteiger partial charge on any atom is -0.490 e. The maximum atomic E-state index is 11.7. The lowest BCUT2D eigenvalue weighted by atomic mass is 10.2. The molecule has 0 saturated carbocycles. The van der Waals surface area contributed by atoms with Crippen LogP contribution in [0.4, 0.5) is 4.79 Å². The zero-order chi connectivity index (χ0) is 17.5. The Bertz CT molecular complexity index is 547. The number of piperazine rings is 1. The van der Waals surface area contributed by atoms with Crippen molar-refractivity contribution in [3.8, 4) is 5.75 Å². The molecule has 0 unspecified atom stereocenters. The van der Waals surface area contributed by atoms with Crippen molar-refractivity contribution in [3.05, 3.63) is 28.8 Å². The summed E-state index contributed by atoms with van der Waals surface area (Å²) in [6, 6.07) is 5.43. The lowest BCUT2D eigenvalue weighted by Gasteiger charge is -2.32. The number of rotatable bonds is 6. The normalized spacial score (nSPS) is 16.8. The molecule has 0 radical (unpaired) electrons. The third kappa shape index (κ3) is 5.54. The predicted molar refractivity (Wildman–Crippen MR) is 91.8 cm³/mol. The molecule has 0 bridgehead atoms. The third-order valence-corrected chi connectivity index (χ3v) is 4.32. The predicted octanol–water partition coefficient (Wildman–Crippen LogP) is 0.745. The summed E-state index contributed by atoms with van der Waals surface area (Å²) in [4.78, 5) is 14.6. The van der Waals surface area contributed by atoms with Crippen LogP contribution in [0.3, 0.4) is 0 Å². The number of nitrogens with one attached hydrogen (secondary N) is 1. The van der Waals surface area contributed by atoms with Crippen molar-refractivity contribution in [2.24, 2.45) is 0 Å². The van der Waals surface area contributed by atoms with Crippen molar-refractivity contribution in [2.45, 2.75) is 20.0 Å². The molecule has 1 heterocycles. The number of aliphatic hydroxyl groups is 1. The van der Waals surface area contributed by atoms with Crippen LogP contribution in [0.2, 0.25) is 5.02 Å². The number of aliphatic hydroxyl groups excluding tert-OH is 1. The fourth-order valence-electron chi connectivity index (χ4n) is 2.78. The van der Waals surface area contributed by atoms with Crippen molar-refractivity contribution < 1.29 is 24.3 Å². The first kappa shape index (κ1) is 18.8. The molecule has 1 amide bonds. The van der Waals surface area contributed by atoms with Crippen LogP contribution >= 0.6 is 11.6 Å². The van der Waals surface area contributed by atoms with Gasteiger partial charge >= 0.3 is 6.09 Å². The fraction of sp³-hybridized carbons (Fsp3) is 0.588. The van der Waals surface area contributed by atoms with Gasteiger partial charge in [0.1, 0.15) is 25.0 Å². The smallest absolute Gasteiger partial charge is 0.410 e. The van der Waals surface area contributed by atoms with E-state index in [-0.39, 0.29) is 12.7 Å². The highest BCUT2D eigenvalue weighted by Gasteiger charge is 2.26. The molecule has 6 nitrogen and oxygen atoms in total. The van der Waals surface area contributed by atoms with E-state index < -0.39 is 6.10 Å². The molecule has 0 aromatic heterocycles. The Labute approximate surface area is 147 Å². The summed E-state index contributed by atoms with van der Waals surface area (Å²) in [6.07, 6.45) is -0.803. The molecule has 1 atom stereocenters. The van der Waals surface area contributed by atoms with Gasteiger partial charge in [0.25, 0.3) is 0 Å². The highest BCUT2D eigenvalue weighted by atomic mass is 35.5. The summed E-state index contributed by atoms with van der Waals surface area (Å²) < 4.78 is 10.7. The summed E-state index contributed by atoms with van der Waals surface area (Å²) in [5, 5.41) is 10.9. The van der Waals surface area contributed by atoms with Gasteiger partial charge in [-0.1, -0.05) is 11.6 Å². The molecule has 7 heteroatoms. The molecule has 1 aliphatic heterocycles. The van der Waals surface area contributed by atoms with E-state index in [1.165, 1.54) is 4.90 Å². The number of carbonyl (C=O) groups excluding carboxylic acids is 1. The topological polar surface area (TPSA) is 63.4 Å². The van der Waals surface area contributed by atoms with Crippen LogP contribution < -0.4 is 9.64 Å². The van der Waals surface area contributed by atoms with Gasteiger partial charge in [-0.25, -0.2) is 4.79 Å². The number of halogens is 1. The Hall–Kier alpha value is -1.50. The van der Waals surface area contributed by atoms with E-state index in [0.29, 0.717) is 31.3 Å². The van der Waals surface area contributed by atoms with Gasteiger partial charge < -0.3 is 19.5 Å². The average molecular weight is 358 g/mol. The summed E-state index contributed by atoms with van der Waals surface area (Å²) in [5.74, 6) is 0.737. The molecule has 1 aromatic rings. The van der Waals surface area contributed by atoms with E-state index in [2.05, 4.69) is 0 Å². The molecule has 1 aromatic carbocycles. The standard InChI is InChI=1S/C17H25ClN2O4/c1-3-23-17(22)20-8-6-19(7-9-20)11-15(21)12-24-16-5-4-14(18)10-13(16)2/h4-5,10,15,21H,3,6-9,11-12H2,1-2H3/p+1/t15-/m1/s1. The zero-order valence-corrected chi connectivity index (χ0v) is 15.0. The molecule has 1 saturated heterocycles. The maximum Gasteiger partial charge on any atom is 0.410 e. The molecule has 0 spiro atoms. The molecule has 0 aliphatic carbocycles. The van der Waals surface area contributed by atoms with Gasteiger partial charge in [-0.2, -0.15) is 0 Å². The average Bonchev–Trinajstić information content (AvgIpc) is 2.55. The minimum atomic E-state index is -0.552. The number of carbonyl (C=O) groups is 1. The fourth-order valence-corrected chi connectivity index (χ4v) is 3.00. The molecular weight excluding hydrogens is 332 g/mol. The van der Waals surface area contributed by atoms with E-state index in [1.807, 2.05) is 19.1 Å². The maximum absolute atomic E-state index is 11.7. The van der Waals surface area contributed by atoms with Crippen molar-refractivity contribution in [2.75, 3.05) is 45.9 Å². The van der Waals surface area contributed by atoms with Crippen molar-refractivity contribution in [3.63, 3.8) is 0 Å². The highest BCUT2D eigenvalue weighted by molar-refractivity contribution is 6.30. The summed E-state index contributed by atoms with van der Waals surface area (Å²) >= 11 is 5.92. The number of amides is 1. The SMILES string of the molecule is CCOC(=O)N1CC[NH+](C[C@@H](O)COc2ccc(Cl)cc2C)CC1. The number of quaternary nitrogens is 1. The monoisotopic (exact) mass is 357 g/mol. The Balaban J connectivity index is 1.71. The van der Waals surface area contributed by atoms with E-state index in [0.717, 1.165) is 24.4 Å². The molecule has 2 rings (SSSR count). The van der Waals surface area contributed by atoms with Crippen molar-refractivity contribution in [1.29, 1.82) is 0 Å². The molecule has 1 aliphatic rings. The summed E-state index contributed by atoms with van der Waals surface area (Å²) in [5.41, 5.74) is 0.949. The van der Waals surface area contributed by atoms with Gasteiger partial charge in [0.05, 0.1) is 32.8 Å². The molecule has 24 heavy (non-hydrogen) atoms. The van der Waals surface area contributed by atoms with Crippen LogP contribution in [-0.2, 0) is 4.74 Å². The second-order valence-electron chi connectivity index (χ2n) is 6.01. The van der Waals surface area contributed by atoms with Crippen LogP contribution in [0.25, 0.3) is 0 Å². The molecule has 134 valence electrons. The van der Waals surface area contributed by atoms with E-state index >= 15 is 0 Å². The van der Waals surface area contributed by atoms with Gasteiger partial charge in [0, 0.05) is 5.02 Å². The van der Waals surface area contributed by atoms with Crippen molar-refractivity contribution in [1.82, 2.24) is 4.90 Å². The Morgan fingerprint density at radius 1 is 1.42 bits per heavy atom. The van der Waals surface area contributed by atoms with Crippen LogP contribution in [0, 0.1) is 6.92 Å². The quantitative estimate of drug-likeness (QED) is 0.788.